The van der Waals surface area contributed by atoms with Crippen LogP contribution < -0.4 is 24.3 Å². The number of phenolic OH excluding ortho intramolecular Hbond substituents is 1. The van der Waals surface area contributed by atoms with Gasteiger partial charge in [-0.25, -0.2) is 9.80 Å². The summed E-state index contributed by atoms with van der Waals surface area (Å²) in [6.45, 7) is 0. The van der Waals surface area contributed by atoms with Gasteiger partial charge in [-0.3, -0.25) is 59.6 Å². The monoisotopic (exact) mass is 814 g/mol. The summed E-state index contributed by atoms with van der Waals surface area (Å²) in [5.74, 6) is -10.5. The van der Waals surface area contributed by atoms with Crippen molar-refractivity contribution in [3.8, 4) is 11.5 Å². The molecule has 22 nitrogen and oxygen atoms in total. The van der Waals surface area contributed by atoms with Crippen LogP contribution in [0.5, 0.6) is 11.5 Å². The van der Waals surface area contributed by atoms with Gasteiger partial charge in [0.25, 0.3) is 0 Å². The second-order valence-electron chi connectivity index (χ2n) is 15.0. The van der Waals surface area contributed by atoms with Gasteiger partial charge in [0.1, 0.15) is 0 Å². The van der Waals surface area contributed by atoms with Gasteiger partial charge < -0.3 is 19.6 Å². The van der Waals surface area contributed by atoms with Crippen LogP contribution in [0.25, 0.3) is 0 Å². The summed E-state index contributed by atoms with van der Waals surface area (Å²) < 4.78 is 5.20. The van der Waals surface area contributed by atoms with E-state index in [4.69, 9.17) is 4.74 Å². The lowest BCUT2D eigenvalue weighted by Crippen LogP contribution is -2.43. The largest absolute Gasteiger partial charge is 0.504 e. The van der Waals surface area contributed by atoms with Gasteiger partial charge in [-0.15, -0.1) is 0 Å². The van der Waals surface area contributed by atoms with Crippen LogP contribution in [-0.2, 0) is 19.2 Å². The number of allylic oxidation sites excluding steroid dienone is 2. The molecule has 3 fully saturated rings. The number of aromatic hydroxyl groups is 1. The summed E-state index contributed by atoms with van der Waals surface area (Å²) in [5.41, 5.74) is -3.81. The number of hydrogen-bond acceptors (Lipinski definition) is 16. The zero-order chi connectivity index (χ0) is 43.1. The number of nitrogens with zero attached hydrogens (tertiary/aromatic N) is 8. The van der Waals surface area contributed by atoms with Crippen molar-refractivity contribution in [2.45, 2.75) is 18.8 Å². The summed E-state index contributed by atoms with van der Waals surface area (Å²) in [6.07, 6.45) is 1.36. The molecule has 3 aromatic carbocycles. The second-order valence-corrected chi connectivity index (χ2v) is 15.0. The molecule has 4 amide bonds. The number of hydrogen-bond donors (Lipinski definition) is 1. The zero-order valence-electron chi connectivity index (χ0n) is 31.8. The minimum absolute atomic E-state index is 0.0714. The Morgan fingerprint density at radius 2 is 1.08 bits per heavy atom. The highest BCUT2D eigenvalue weighted by atomic mass is 16.6. The van der Waals surface area contributed by atoms with Crippen molar-refractivity contribution in [3.63, 3.8) is 0 Å². The molecule has 0 aromatic heterocycles. The maximum absolute atomic E-state index is 14.6. The fourth-order valence-electron chi connectivity index (χ4n) is 9.28. The molecule has 4 aliphatic rings. The van der Waals surface area contributed by atoms with Crippen molar-refractivity contribution >= 4 is 69.1 Å². The topological polar surface area (TPSA) is 283 Å². The van der Waals surface area contributed by atoms with Gasteiger partial charge in [0.2, 0.25) is 23.6 Å². The predicted octanol–water partition coefficient (Wildman–Crippen LogP) is 4.21. The molecule has 6 unspecified atom stereocenters. The van der Waals surface area contributed by atoms with Gasteiger partial charge in [0.05, 0.1) is 61.8 Å². The quantitative estimate of drug-likeness (QED) is 0.130. The van der Waals surface area contributed by atoms with E-state index in [1.807, 2.05) is 0 Å². The molecule has 2 aliphatic heterocycles. The highest BCUT2D eigenvalue weighted by molar-refractivity contribution is 6.24. The van der Waals surface area contributed by atoms with Gasteiger partial charge in [0, 0.05) is 58.4 Å². The van der Waals surface area contributed by atoms with Crippen LogP contribution in [0.2, 0.25) is 0 Å². The number of nitro groups is 4. The van der Waals surface area contributed by atoms with E-state index in [0.717, 1.165) is 34.1 Å². The number of rotatable bonds is 10. The number of benzene rings is 3. The summed E-state index contributed by atoms with van der Waals surface area (Å²) in [4.78, 5) is 107. The number of nitro benzene ring substituents is 4. The molecule has 3 aromatic rings. The fourth-order valence-corrected chi connectivity index (χ4v) is 9.28. The van der Waals surface area contributed by atoms with E-state index in [1.54, 1.807) is 6.08 Å². The summed E-state index contributed by atoms with van der Waals surface area (Å²) in [6, 6.07) is 7.87. The number of ether oxygens (including phenoxy) is 1. The van der Waals surface area contributed by atoms with Gasteiger partial charge in [-0.2, -0.15) is 0 Å². The number of carbonyl (C=O) groups is 4. The minimum atomic E-state index is -1.26. The number of imide groups is 2. The Kier molecular flexibility index (Phi) is 9.52. The molecular formula is C37H34N8O14. The first kappa shape index (κ1) is 39.7. The number of phenols is 1. The molecule has 1 saturated carbocycles. The zero-order valence-corrected chi connectivity index (χ0v) is 31.8. The molecule has 0 radical (unpaired) electrons. The molecule has 7 rings (SSSR count). The molecule has 0 spiro atoms. The Hall–Kier alpha value is -7.52. The lowest BCUT2D eigenvalue weighted by Gasteiger charge is -2.44. The van der Waals surface area contributed by atoms with Crippen molar-refractivity contribution in [3.05, 3.63) is 100 Å². The normalized spacial score (nSPS) is 23.3. The minimum Gasteiger partial charge on any atom is -0.504 e. The Morgan fingerprint density at radius 3 is 1.49 bits per heavy atom. The van der Waals surface area contributed by atoms with Crippen LogP contribution in [0.1, 0.15) is 24.3 Å². The smallest absolute Gasteiger partial charge is 0.301 e. The molecule has 2 aliphatic carbocycles. The van der Waals surface area contributed by atoms with Gasteiger partial charge in [-0.1, -0.05) is 17.7 Å². The number of fused-ring (bicyclic) bond motifs is 4. The lowest BCUT2D eigenvalue weighted by atomic mass is 9.57. The maximum Gasteiger partial charge on any atom is 0.301 e. The van der Waals surface area contributed by atoms with Crippen LogP contribution >= 0.6 is 0 Å². The van der Waals surface area contributed by atoms with Crippen LogP contribution in [0.3, 0.4) is 0 Å². The fraction of sp³-hybridized carbons (Fsp3) is 0.351. The first-order chi connectivity index (χ1) is 27.8. The van der Waals surface area contributed by atoms with E-state index in [9.17, 15) is 64.7 Å². The van der Waals surface area contributed by atoms with Gasteiger partial charge >= 0.3 is 22.7 Å². The van der Waals surface area contributed by atoms with Crippen molar-refractivity contribution in [1.82, 2.24) is 0 Å². The Bertz CT molecular complexity index is 2410. The summed E-state index contributed by atoms with van der Waals surface area (Å²) in [5, 5.41) is 59.6. The number of anilines is 4. The third kappa shape index (κ3) is 6.01. The number of amides is 4. The average molecular weight is 815 g/mol. The predicted molar refractivity (Wildman–Crippen MR) is 205 cm³/mol. The van der Waals surface area contributed by atoms with Crippen LogP contribution in [0, 0.1) is 70.0 Å². The van der Waals surface area contributed by atoms with Crippen molar-refractivity contribution in [1.29, 1.82) is 0 Å². The van der Waals surface area contributed by atoms with Crippen molar-refractivity contribution in [2.75, 3.05) is 54.9 Å². The van der Waals surface area contributed by atoms with E-state index < -0.39 is 113 Å². The van der Waals surface area contributed by atoms with E-state index >= 15 is 0 Å². The Labute approximate surface area is 332 Å². The highest BCUT2D eigenvalue weighted by Crippen LogP contribution is 2.59. The van der Waals surface area contributed by atoms with Crippen molar-refractivity contribution in [2.24, 2.45) is 29.6 Å². The van der Waals surface area contributed by atoms with E-state index in [1.165, 1.54) is 53.5 Å². The molecule has 22 heteroatoms. The summed E-state index contributed by atoms with van der Waals surface area (Å²) in [7, 11) is 6.73. The number of carbonyl (C=O) groups excluding carboxylic acids is 4. The van der Waals surface area contributed by atoms with Crippen molar-refractivity contribution < 1.29 is 48.7 Å². The third-order valence-electron chi connectivity index (χ3n) is 11.5. The Morgan fingerprint density at radius 1 is 0.644 bits per heavy atom. The third-order valence-corrected chi connectivity index (χ3v) is 11.5. The lowest BCUT2D eigenvalue weighted by molar-refractivity contribution is -0.392. The molecule has 59 heavy (non-hydrogen) atoms. The van der Waals surface area contributed by atoms with Crippen LogP contribution in [-0.4, -0.2) is 83.7 Å². The molecular weight excluding hydrogens is 780 g/mol. The molecule has 6 atom stereocenters. The maximum atomic E-state index is 14.6. The van der Waals surface area contributed by atoms with Crippen LogP contribution in [0.15, 0.2) is 54.1 Å². The van der Waals surface area contributed by atoms with Crippen LogP contribution in [0.4, 0.5) is 45.5 Å². The van der Waals surface area contributed by atoms with E-state index in [2.05, 4.69) is 0 Å². The molecule has 2 heterocycles. The van der Waals surface area contributed by atoms with Gasteiger partial charge in [0.15, 0.2) is 22.9 Å². The standard InChI is InChI=1S/C37H34N8O14/c1-38(2)32-23(42(51)52)11-17(12-24(32)43(53)54)40-34(47)20-8-7-19-21(30(20)36(40)49)15-22-31(29(19)16-6-9-28(59-5)27(46)10-16)37(50)41(35(22)48)18-13-25(44(55)56)33(39(3)4)26(14-18)45(57)58/h6-7,9-14,20-22,29-31,46H,8,15H2,1-5H3. The SMILES string of the molecule is COc1ccc(C2C3=CCC4C(=O)N(c5cc([N+](=O)[O-])c(N(C)C)c([N+](=O)[O-])c5)C(=O)C4C3CC3C(=O)N(c4cc([N+](=O)[O-])c(N(C)C)c([N+](=O)[O-])c4)C(=O)C32)cc1O. The second kappa shape index (κ2) is 14.1. The van der Waals surface area contributed by atoms with Gasteiger partial charge in [-0.05, 0) is 36.5 Å². The number of methoxy groups -OCH3 is 1. The van der Waals surface area contributed by atoms with E-state index in [0.29, 0.717) is 20.9 Å². The molecule has 1 N–H and O–H groups in total. The molecule has 306 valence electrons. The Balaban J connectivity index is 1.37. The first-order valence-corrected chi connectivity index (χ1v) is 17.9. The highest BCUT2D eigenvalue weighted by Gasteiger charge is 2.63. The average Bonchev–Trinajstić information content (AvgIpc) is 3.58. The molecule has 0 bridgehead atoms. The van der Waals surface area contributed by atoms with E-state index in [-0.39, 0.29) is 35.7 Å². The first-order valence-electron chi connectivity index (χ1n) is 17.9. The summed E-state index contributed by atoms with van der Waals surface area (Å²) >= 11 is 0. The molecule has 2 saturated heterocycles.